The van der Waals surface area contributed by atoms with Gasteiger partial charge in [-0.1, -0.05) is 11.3 Å². The molecule has 1 aliphatic heterocycles. The molecule has 3 heterocycles. The van der Waals surface area contributed by atoms with E-state index in [9.17, 15) is 4.79 Å². The SMILES string of the molecule is C[C@H](Oc1cc2c3c(c1)nc(-c1ccc4nc(N)sc4c1)n3CCCO2)C(=O)O. The summed E-state index contributed by atoms with van der Waals surface area (Å²) >= 11 is 1.44. The van der Waals surface area contributed by atoms with E-state index in [0.29, 0.717) is 28.8 Å². The summed E-state index contributed by atoms with van der Waals surface area (Å²) in [7, 11) is 0. The number of carboxylic acid groups (broad SMARTS) is 1. The summed E-state index contributed by atoms with van der Waals surface area (Å²) in [5.41, 5.74) is 9.26. The summed E-state index contributed by atoms with van der Waals surface area (Å²) in [6.45, 7) is 2.83. The second-order valence-electron chi connectivity index (χ2n) is 6.91. The first kappa shape index (κ1) is 17.7. The van der Waals surface area contributed by atoms with Gasteiger partial charge in [-0.25, -0.2) is 14.8 Å². The lowest BCUT2D eigenvalue weighted by Crippen LogP contribution is -2.22. The number of rotatable bonds is 4. The number of aryl methyl sites for hydroxylation is 1. The lowest BCUT2D eigenvalue weighted by atomic mass is 10.2. The third kappa shape index (κ3) is 3.03. The topological polar surface area (TPSA) is 112 Å². The van der Waals surface area contributed by atoms with Crippen LogP contribution in [0.25, 0.3) is 32.6 Å². The molecule has 5 rings (SSSR count). The average molecular weight is 410 g/mol. The zero-order chi connectivity index (χ0) is 20.1. The molecular weight excluding hydrogens is 392 g/mol. The van der Waals surface area contributed by atoms with Crippen molar-refractivity contribution in [3.63, 3.8) is 0 Å². The van der Waals surface area contributed by atoms with Crippen molar-refractivity contribution in [2.75, 3.05) is 12.3 Å². The van der Waals surface area contributed by atoms with Crippen molar-refractivity contribution in [1.29, 1.82) is 0 Å². The predicted octanol–water partition coefficient (Wildman–Crippen LogP) is 3.53. The number of aromatic nitrogens is 3. The molecule has 4 aromatic rings. The molecule has 0 aliphatic carbocycles. The van der Waals surface area contributed by atoms with Gasteiger partial charge in [0.25, 0.3) is 0 Å². The minimum Gasteiger partial charge on any atom is -0.491 e. The summed E-state index contributed by atoms with van der Waals surface area (Å²) in [6.07, 6.45) is -0.129. The number of ether oxygens (including phenoxy) is 2. The molecule has 0 bridgehead atoms. The minimum absolute atomic E-state index is 0.422. The molecule has 1 atom stereocenters. The summed E-state index contributed by atoms with van der Waals surface area (Å²) in [5.74, 6) is 0.866. The highest BCUT2D eigenvalue weighted by molar-refractivity contribution is 7.22. The number of thiazole rings is 1. The smallest absolute Gasteiger partial charge is 0.344 e. The van der Waals surface area contributed by atoms with Gasteiger partial charge in [0, 0.05) is 24.2 Å². The molecule has 0 amide bonds. The van der Waals surface area contributed by atoms with Crippen LogP contribution in [0.4, 0.5) is 5.13 Å². The van der Waals surface area contributed by atoms with Crippen LogP contribution >= 0.6 is 11.3 Å². The largest absolute Gasteiger partial charge is 0.491 e. The van der Waals surface area contributed by atoms with E-state index in [1.807, 2.05) is 18.2 Å². The number of anilines is 1. The van der Waals surface area contributed by atoms with Gasteiger partial charge < -0.3 is 24.9 Å². The van der Waals surface area contributed by atoms with E-state index < -0.39 is 12.1 Å². The Balaban J connectivity index is 1.67. The number of fused-ring (bicyclic) bond motifs is 1. The van der Waals surface area contributed by atoms with Crippen molar-refractivity contribution in [3.8, 4) is 22.9 Å². The van der Waals surface area contributed by atoms with E-state index >= 15 is 0 Å². The van der Waals surface area contributed by atoms with Gasteiger partial charge >= 0.3 is 5.97 Å². The Hall–Kier alpha value is -3.33. The maximum absolute atomic E-state index is 11.2. The third-order valence-electron chi connectivity index (χ3n) is 4.89. The first-order chi connectivity index (χ1) is 14.0. The molecule has 0 fully saturated rings. The molecule has 0 radical (unpaired) electrons. The van der Waals surface area contributed by atoms with Crippen LogP contribution in [-0.2, 0) is 11.3 Å². The van der Waals surface area contributed by atoms with Crippen LogP contribution in [0.5, 0.6) is 11.5 Å². The summed E-state index contributed by atoms with van der Waals surface area (Å²) < 4.78 is 14.6. The number of hydrogen-bond acceptors (Lipinski definition) is 7. The van der Waals surface area contributed by atoms with Crippen molar-refractivity contribution < 1.29 is 19.4 Å². The van der Waals surface area contributed by atoms with Crippen molar-refractivity contribution in [3.05, 3.63) is 30.3 Å². The number of nitrogen functional groups attached to an aromatic ring is 1. The number of hydrogen-bond donors (Lipinski definition) is 2. The molecule has 9 heteroatoms. The van der Waals surface area contributed by atoms with Crippen molar-refractivity contribution in [1.82, 2.24) is 14.5 Å². The van der Waals surface area contributed by atoms with E-state index in [2.05, 4.69) is 9.55 Å². The molecule has 0 spiro atoms. The zero-order valence-corrected chi connectivity index (χ0v) is 16.4. The number of carbonyl (C=O) groups is 1. The quantitative estimate of drug-likeness (QED) is 0.529. The zero-order valence-electron chi connectivity index (χ0n) is 15.6. The van der Waals surface area contributed by atoms with Gasteiger partial charge in [-0.15, -0.1) is 0 Å². The van der Waals surface area contributed by atoms with Crippen LogP contribution in [0.1, 0.15) is 13.3 Å². The van der Waals surface area contributed by atoms with Gasteiger partial charge in [0.05, 0.1) is 22.3 Å². The van der Waals surface area contributed by atoms with E-state index in [1.165, 1.54) is 18.3 Å². The number of carboxylic acids is 1. The van der Waals surface area contributed by atoms with E-state index in [-0.39, 0.29) is 0 Å². The van der Waals surface area contributed by atoms with Crippen LogP contribution < -0.4 is 15.2 Å². The predicted molar refractivity (Wildman–Crippen MR) is 111 cm³/mol. The summed E-state index contributed by atoms with van der Waals surface area (Å²) in [5, 5.41) is 9.67. The second kappa shape index (κ2) is 6.63. The average Bonchev–Trinajstić information content (AvgIpc) is 3.15. The lowest BCUT2D eigenvalue weighted by molar-refractivity contribution is -0.144. The van der Waals surface area contributed by atoms with Crippen LogP contribution in [0, 0.1) is 0 Å². The molecule has 0 saturated heterocycles. The molecule has 148 valence electrons. The van der Waals surface area contributed by atoms with Gasteiger partial charge in [0.2, 0.25) is 0 Å². The highest BCUT2D eigenvalue weighted by Gasteiger charge is 2.22. The Bertz CT molecular complexity index is 1260. The van der Waals surface area contributed by atoms with Crippen molar-refractivity contribution in [2.24, 2.45) is 0 Å². The summed E-state index contributed by atoms with van der Waals surface area (Å²) in [6, 6.07) is 9.48. The van der Waals surface area contributed by atoms with Gasteiger partial charge in [-0.3, -0.25) is 0 Å². The normalized spacial score (nSPS) is 14.5. The molecule has 29 heavy (non-hydrogen) atoms. The Morgan fingerprint density at radius 1 is 1.31 bits per heavy atom. The van der Waals surface area contributed by atoms with Crippen molar-refractivity contribution in [2.45, 2.75) is 26.0 Å². The number of benzene rings is 2. The van der Waals surface area contributed by atoms with E-state index in [1.54, 1.807) is 12.1 Å². The standard InChI is InChI=1S/C20H18N4O4S/c1-10(19(25)26)28-12-8-14-17-15(9-12)27-6-2-5-24(17)18(22-14)11-3-4-13-16(7-11)29-20(21)23-13/h3-4,7-10H,2,5-6H2,1H3,(H2,21,23)(H,25,26)/t10-/m0/s1. The van der Waals surface area contributed by atoms with Crippen LogP contribution in [0.3, 0.4) is 0 Å². The Morgan fingerprint density at radius 3 is 3.00 bits per heavy atom. The van der Waals surface area contributed by atoms with Gasteiger partial charge in [-0.2, -0.15) is 0 Å². The van der Waals surface area contributed by atoms with Gasteiger partial charge in [0.15, 0.2) is 11.2 Å². The highest BCUT2D eigenvalue weighted by atomic mass is 32.1. The summed E-state index contributed by atoms with van der Waals surface area (Å²) in [4.78, 5) is 20.3. The Labute approximate surface area is 169 Å². The Morgan fingerprint density at radius 2 is 2.17 bits per heavy atom. The fourth-order valence-corrected chi connectivity index (χ4v) is 4.34. The maximum Gasteiger partial charge on any atom is 0.344 e. The lowest BCUT2D eigenvalue weighted by Gasteiger charge is -2.12. The van der Waals surface area contributed by atoms with Crippen LogP contribution in [0.2, 0.25) is 0 Å². The monoisotopic (exact) mass is 410 g/mol. The number of nitrogens with two attached hydrogens (primary N) is 1. The highest BCUT2D eigenvalue weighted by Crippen LogP contribution is 2.38. The van der Waals surface area contributed by atoms with Crippen LogP contribution in [-0.4, -0.2) is 38.3 Å². The molecule has 2 aromatic carbocycles. The van der Waals surface area contributed by atoms with Gasteiger partial charge in [0.1, 0.15) is 22.8 Å². The van der Waals surface area contributed by atoms with Crippen LogP contribution in [0.15, 0.2) is 30.3 Å². The van der Waals surface area contributed by atoms with E-state index in [0.717, 1.165) is 40.1 Å². The van der Waals surface area contributed by atoms with Gasteiger partial charge in [-0.05, 0) is 31.5 Å². The number of nitrogens with zero attached hydrogens (tertiary/aromatic N) is 3. The Kier molecular flexibility index (Phi) is 4.06. The molecule has 3 N–H and O–H groups in total. The molecule has 0 unspecified atom stereocenters. The second-order valence-corrected chi connectivity index (χ2v) is 7.97. The fourth-order valence-electron chi connectivity index (χ4n) is 3.56. The fraction of sp³-hybridized carbons (Fsp3) is 0.250. The molecular formula is C20H18N4O4S. The first-order valence-corrected chi connectivity index (χ1v) is 10.0. The molecule has 1 aliphatic rings. The first-order valence-electron chi connectivity index (χ1n) is 9.22. The minimum atomic E-state index is -1.03. The molecule has 8 nitrogen and oxygen atoms in total. The molecule has 0 saturated carbocycles. The number of aliphatic carboxylic acids is 1. The number of imidazole rings is 1. The maximum atomic E-state index is 11.2. The third-order valence-corrected chi connectivity index (χ3v) is 5.74. The van der Waals surface area contributed by atoms with E-state index in [4.69, 9.17) is 25.3 Å². The van der Waals surface area contributed by atoms with Crippen molar-refractivity contribution >= 4 is 43.7 Å². The molecule has 2 aromatic heterocycles.